The number of halogens is 1. The first kappa shape index (κ1) is 11.5. The van der Waals surface area contributed by atoms with Gasteiger partial charge in [-0.3, -0.25) is 0 Å². The Morgan fingerprint density at radius 1 is 1.22 bits per heavy atom. The van der Waals surface area contributed by atoms with E-state index < -0.39 is 0 Å². The molecule has 4 heteroatoms. The van der Waals surface area contributed by atoms with Crippen LogP contribution in [0.4, 0.5) is 5.95 Å². The van der Waals surface area contributed by atoms with Crippen LogP contribution < -0.4 is 5.73 Å². The number of rotatable bonds is 1. The van der Waals surface area contributed by atoms with Crippen molar-refractivity contribution < 1.29 is 0 Å². The van der Waals surface area contributed by atoms with Gasteiger partial charge in [-0.1, -0.05) is 23.7 Å². The lowest BCUT2D eigenvalue weighted by Crippen LogP contribution is -2.03. The molecule has 3 nitrogen and oxygen atoms in total. The van der Waals surface area contributed by atoms with Gasteiger partial charge in [-0.25, -0.2) is 9.97 Å². The molecule has 18 heavy (non-hydrogen) atoms. The zero-order valence-electron chi connectivity index (χ0n) is 10.2. The van der Waals surface area contributed by atoms with Gasteiger partial charge in [-0.15, -0.1) is 0 Å². The number of aryl methyl sites for hydroxylation is 1. The lowest BCUT2D eigenvalue weighted by atomic mass is 10.0. The van der Waals surface area contributed by atoms with Crippen LogP contribution in [0, 0.1) is 6.92 Å². The minimum absolute atomic E-state index is 0.352. The van der Waals surface area contributed by atoms with Gasteiger partial charge in [0.2, 0.25) is 5.95 Å². The predicted octanol–water partition coefficient (Wildman–Crippen LogP) is 3.18. The Bertz CT molecular complexity index is 623. The summed E-state index contributed by atoms with van der Waals surface area (Å²) in [6.45, 7) is 2.01. The summed E-state index contributed by atoms with van der Waals surface area (Å²) >= 11 is 6.18. The van der Waals surface area contributed by atoms with Crippen LogP contribution in [0.3, 0.4) is 0 Å². The van der Waals surface area contributed by atoms with E-state index in [1.165, 1.54) is 5.56 Å². The maximum Gasteiger partial charge on any atom is 0.220 e. The van der Waals surface area contributed by atoms with Gasteiger partial charge in [0.15, 0.2) is 0 Å². The average molecular weight is 260 g/mol. The van der Waals surface area contributed by atoms with Crippen molar-refractivity contribution in [1.82, 2.24) is 9.97 Å². The first-order chi connectivity index (χ1) is 8.66. The molecule has 1 aliphatic carbocycles. The Labute approximate surface area is 111 Å². The van der Waals surface area contributed by atoms with Gasteiger partial charge in [0.1, 0.15) is 0 Å². The van der Waals surface area contributed by atoms with Crippen molar-refractivity contribution in [2.24, 2.45) is 0 Å². The molecule has 0 fully saturated rings. The van der Waals surface area contributed by atoms with Crippen molar-refractivity contribution in [2.45, 2.75) is 26.2 Å². The van der Waals surface area contributed by atoms with Gasteiger partial charge in [-0.05, 0) is 37.8 Å². The second kappa shape index (κ2) is 4.25. The standard InChI is InChI=1S/C14H14ClN3/c1-8-9(4-2-6-11(8)15)13-10-5-3-7-12(10)17-14(16)18-13/h2,4,6H,3,5,7H2,1H3,(H2,16,17,18). The number of nitrogens with zero attached hydrogens (tertiary/aromatic N) is 2. The first-order valence-electron chi connectivity index (χ1n) is 6.07. The maximum atomic E-state index is 6.18. The quantitative estimate of drug-likeness (QED) is 0.856. The number of aromatic nitrogens is 2. The van der Waals surface area contributed by atoms with Gasteiger partial charge in [-0.2, -0.15) is 0 Å². The lowest BCUT2D eigenvalue weighted by molar-refractivity contribution is 0.900. The molecule has 0 bridgehead atoms. The number of hydrogen-bond donors (Lipinski definition) is 1. The summed E-state index contributed by atoms with van der Waals surface area (Å²) in [5.74, 6) is 0.352. The monoisotopic (exact) mass is 259 g/mol. The molecule has 2 aromatic rings. The van der Waals surface area contributed by atoms with Crippen molar-refractivity contribution in [3.05, 3.63) is 40.0 Å². The predicted molar refractivity (Wildman–Crippen MR) is 73.7 cm³/mol. The molecule has 2 N–H and O–H groups in total. The zero-order chi connectivity index (χ0) is 12.7. The van der Waals surface area contributed by atoms with Crippen LogP contribution in [0.15, 0.2) is 18.2 Å². The summed E-state index contributed by atoms with van der Waals surface area (Å²) in [5.41, 5.74) is 11.2. The number of benzene rings is 1. The van der Waals surface area contributed by atoms with Crippen molar-refractivity contribution in [2.75, 3.05) is 5.73 Å². The van der Waals surface area contributed by atoms with Crippen LogP contribution in [-0.2, 0) is 12.8 Å². The summed E-state index contributed by atoms with van der Waals surface area (Å²) in [7, 11) is 0. The Balaban J connectivity index is 2.26. The van der Waals surface area contributed by atoms with Crippen molar-refractivity contribution in [1.29, 1.82) is 0 Å². The summed E-state index contributed by atoms with van der Waals surface area (Å²) in [6, 6.07) is 5.89. The topological polar surface area (TPSA) is 51.8 Å². The molecule has 1 aromatic carbocycles. The Morgan fingerprint density at radius 3 is 2.89 bits per heavy atom. The molecule has 0 saturated carbocycles. The van der Waals surface area contributed by atoms with E-state index >= 15 is 0 Å². The van der Waals surface area contributed by atoms with E-state index in [2.05, 4.69) is 9.97 Å². The lowest BCUT2D eigenvalue weighted by Gasteiger charge is -2.11. The van der Waals surface area contributed by atoms with E-state index in [1.807, 2.05) is 25.1 Å². The van der Waals surface area contributed by atoms with E-state index in [9.17, 15) is 0 Å². The zero-order valence-corrected chi connectivity index (χ0v) is 11.0. The smallest absolute Gasteiger partial charge is 0.220 e. The molecule has 1 aromatic heterocycles. The molecule has 0 unspecified atom stereocenters. The molecule has 0 aliphatic heterocycles. The third-order valence-electron chi connectivity index (χ3n) is 3.47. The van der Waals surface area contributed by atoms with E-state index in [4.69, 9.17) is 17.3 Å². The molecule has 1 heterocycles. The summed E-state index contributed by atoms with van der Waals surface area (Å²) in [6.07, 6.45) is 3.14. The van der Waals surface area contributed by atoms with Gasteiger partial charge >= 0.3 is 0 Å². The van der Waals surface area contributed by atoms with Gasteiger partial charge in [0, 0.05) is 21.8 Å². The van der Waals surface area contributed by atoms with Gasteiger partial charge in [0.25, 0.3) is 0 Å². The summed E-state index contributed by atoms with van der Waals surface area (Å²) in [5, 5.41) is 0.761. The molecule has 0 spiro atoms. The fraction of sp³-hybridized carbons (Fsp3) is 0.286. The van der Waals surface area contributed by atoms with Crippen LogP contribution in [-0.4, -0.2) is 9.97 Å². The van der Waals surface area contributed by atoms with Crippen LogP contribution >= 0.6 is 11.6 Å². The molecule has 0 radical (unpaired) electrons. The van der Waals surface area contributed by atoms with Crippen molar-refractivity contribution in [3.63, 3.8) is 0 Å². The largest absolute Gasteiger partial charge is 0.368 e. The van der Waals surface area contributed by atoms with Crippen LogP contribution in [0.5, 0.6) is 0 Å². The number of nitrogens with two attached hydrogens (primary N) is 1. The van der Waals surface area contributed by atoms with Crippen LogP contribution in [0.25, 0.3) is 11.3 Å². The SMILES string of the molecule is Cc1c(Cl)cccc1-c1nc(N)nc2c1CCC2. The highest BCUT2D eigenvalue weighted by molar-refractivity contribution is 6.31. The highest BCUT2D eigenvalue weighted by Gasteiger charge is 2.20. The van der Waals surface area contributed by atoms with Crippen molar-refractivity contribution >= 4 is 17.5 Å². The fourth-order valence-corrected chi connectivity index (χ4v) is 2.71. The highest BCUT2D eigenvalue weighted by Crippen LogP contribution is 2.34. The summed E-state index contributed by atoms with van der Waals surface area (Å²) in [4.78, 5) is 8.75. The third kappa shape index (κ3) is 1.75. The molecule has 0 saturated heterocycles. The molecule has 1 aliphatic rings. The van der Waals surface area contributed by atoms with E-state index in [-0.39, 0.29) is 0 Å². The number of hydrogen-bond acceptors (Lipinski definition) is 3. The minimum atomic E-state index is 0.352. The molecule has 92 valence electrons. The maximum absolute atomic E-state index is 6.18. The Hall–Kier alpha value is -1.61. The highest BCUT2D eigenvalue weighted by atomic mass is 35.5. The van der Waals surface area contributed by atoms with Crippen LogP contribution in [0.1, 0.15) is 23.2 Å². The van der Waals surface area contributed by atoms with Crippen molar-refractivity contribution in [3.8, 4) is 11.3 Å². The second-order valence-corrected chi connectivity index (χ2v) is 5.03. The van der Waals surface area contributed by atoms with Gasteiger partial charge < -0.3 is 5.73 Å². The minimum Gasteiger partial charge on any atom is -0.368 e. The fourth-order valence-electron chi connectivity index (χ4n) is 2.54. The second-order valence-electron chi connectivity index (χ2n) is 4.62. The molecular formula is C14H14ClN3. The number of fused-ring (bicyclic) bond motifs is 1. The Morgan fingerprint density at radius 2 is 2.06 bits per heavy atom. The van der Waals surface area contributed by atoms with E-state index in [0.29, 0.717) is 5.95 Å². The Kier molecular flexibility index (Phi) is 2.71. The molecule has 0 atom stereocenters. The van der Waals surface area contributed by atoms with Crippen LogP contribution in [0.2, 0.25) is 5.02 Å². The normalized spacial score (nSPS) is 13.7. The van der Waals surface area contributed by atoms with E-state index in [0.717, 1.165) is 46.8 Å². The number of nitrogen functional groups attached to an aromatic ring is 1. The van der Waals surface area contributed by atoms with E-state index in [1.54, 1.807) is 0 Å². The number of anilines is 1. The molecular weight excluding hydrogens is 246 g/mol. The first-order valence-corrected chi connectivity index (χ1v) is 6.45. The average Bonchev–Trinajstić information content (AvgIpc) is 2.79. The summed E-state index contributed by atoms with van der Waals surface area (Å²) < 4.78 is 0. The molecule has 0 amide bonds. The third-order valence-corrected chi connectivity index (χ3v) is 3.88. The molecule has 3 rings (SSSR count). The van der Waals surface area contributed by atoms with Gasteiger partial charge in [0.05, 0.1) is 5.69 Å².